The zero-order valence-corrected chi connectivity index (χ0v) is 16.8. The molecule has 2 aromatic carbocycles. The van der Waals surface area contributed by atoms with Crippen LogP contribution in [0.25, 0.3) is 0 Å². The molecule has 5 heteroatoms. The average Bonchev–Trinajstić information content (AvgIpc) is 3.27. The van der Waals surface area contributed by atoms with E-state index in [1.807, 2.05) is 54.6 Å². The van der Waals surface area contributed by atoms with Crippen LogP contribution in [0.2, 0.25) is 0 Å². The molecule has 29 heavy (non-hydrogen) atoms. The molecule has 3 rings (SSSR count). The normalized spacial score (nSPS) is 11.7. The van der Waals surface area contributed by atoms with Gasteiger partial charge in [0.05, 0.1) is 12.8 Å². The zero-order valence-electron chi connectivity index (χ0n) is 16.8. The van der Waals surface area contributed by atoms with Gasteiger partial charge in [-0.3, -0.25) is 9.59 Å². The Morgan fingerprint density at radius 3 is 2.31 bits per heavy atom. The van der Waals surface area contributed by atoms with Crippen molar-refractivity contribution in [2.45, 2.75) is 32.4 Å². The Morgan fingerprint density at radius 1 is 0.966 bits per heavy atom. The summed E-state index contributed by atoms with van der Waals surface area (Å²) in [7, 11) is 1.61. The van der Waals surface area contributed by atoms with Crippen molar-refractivity contribution >= 4 is 11.8 Å². The first-order chi connectivity index (χ1) is 14.1. The highest BCUT2D eigenvalue weighted by molar-refractivity contribution is 5.93. The van der Waals surface area contributed by atoms with Gasteiger partial charge >= 0.3 is 0 Å². The summed E-state index contributed by atoms with van der Waals surface area (Å²) >= 11 is 0. The van der Waals surface area contributed by atoms with E-state index in [-0.39, 0.29) is 17.7 Å². The van der Waals surface area contributed by atoms with Gasteiger partial charge in [-0.1, -0.05) is 49.4 Å². The Morgan fingerprint density at radius 2 is 1.69 bits per heavy atom. The fourth-order valence-electron chi connectivity index (χ4n) is 3.24. The minimum atomic E-state index is -0.128. The van der Waals surface area contributed by atoms with E-state index >= 15 is 0 Å². The van der Waals surface area contributed by atoms with Gasteiger partial charge < -0.3 is 14.6 Å². The fraction of sp³-hybridized carbons (Fsp3) is 0.250. The maximum Gasteiger partial charge on any atom is 0.251 e. The van der Waals surface area contributed by atoms with Gasteiger partial charge in [-0.15, -0.1) is 0 Å². The molecule has 1 N–H and O–H groups in total. The molecule has 0 aliphatic carbocycles. The van der Waals surface area contributed by atoms with Gasteiger partial charge in [0.15, 0.2) is 0 Å². The van der Waals surface area contributed by atoms with Crippen molar-refractivity contribution in [2.75, 3.05) is 7.05 Å². The number of carbonyl (C=O) groups excluding carboxylic acids is 2. The number of benzene rings is 2. The minimum Gasteiger partial charge on any atom is -0.467 e. The molecule has 3 aromatic rings. The highest BCUT2D eigenvalue weighted by Crippen LogP contribution is 2.21. The molecule has 0 saturated heterocycles. The van der Waals surface area contributed by atoms with Gasteiger partial charge in [0.2, 0.25) is 5.91 Å². The Hall–Kier alpha value is -3.34. The van der Waals surface area contributed by atoms with Crippen molar-refractivity contribution in [3.05, 3.63) is 95.4 Å². The molecule has 0 bridgehead atoms. The Kier molecular flexibility index (Phi) is 6.85. The van der Waals surface area contributed by atoms with Crippen molar-refractivity contribution in [2.24, 2.45) is 0 Å². The zero-order chi connectivity index (χ0) is 20.6. The number of rotatable bonds is 8. The van der Waals surface area contributed by atoms with Crippen LogP contribution in [0.5, 0.6) is 0 Å². The molecule has 0 aliphatic heterocycles. The van der Waals surface area contributed by atoms with Crippen LogP contribution in [0, 0.1) is 0 Å². The number of carbonyl (C=O) groups is 2. The maximum atomic E-state index is 13.1. The molecule has 0 spiro atoms. The van der Waals surface area contributed by atoms with Crippen LogP contribution in [-0.4, -0.2) is 23.8 Å². The Bertz CT molecular complexity index is 919. The van der Waals surface area contributed by atoms with Crippen LogP contribution < -0.4 is 5.32 Å². The lowest BCUT2D eigenvalue weighted by atomic mass is 9.97. The molecule has 0 aliphatic rings. The predicted octanol–water partition coefficient (Wildman–Crippen LogP) is 4.36. The first-order valence-electron chi connectivity index (χ1n) is 9.73. The van der Waals surface area contributed by atoms with Gasteiger partial charge in [-0.25, -0.2) is 0 Å². The number of hydrogen-bond donors (Lipinski definition) is 1. The van der Waals surface area contributed by atoms with Crippen molar-refractivity contribution in [3.8, 4) is 0 Å². The summed E-state index contributed by atoms with van der Waals surface area (Å²) in [6.45, 7) is 2.93. The van der Waals surface area contributed by atoms with Crippen LogP contribution >= 0.6 is 0 Å². The summed E-state index contributed by atoms with van der Waals surface area (Å²) < 4.78 is 5.46. The van der Waals surface area contributed by atoms with Gasteiger partial charge in [0.1, 0.15) is 5.76 Å². The van der Waals surface area contributed by atoms with E-state index in [0.29, 0.717) is 25.1 Å². The van der Waals surface area contributed by atoms with Crippen LogP contribution in [-0.2, 0) is 17.9 Å². The predicted molar refractivity (Wildman–Crippen MR) is 112 cm³/mol. The molecule has 0 saturated carbocycles. The third-order valence-electron chi connectivity index (χ3n) is 4.95. The largest absolute Gasteiger partial charge is 0.467 e. The van der Waals surface area contributed by atoms with Crippen LogP contribution in [0.15, 0.2) is 77.4 Å². The second-order valence-corrected chi connectivity index (χ2v) is 7.12. The second kappa shape index (κ2) is 9.73. The smallest absolute Gasteiger partial charge is 0.251 e. The van der Waals surface area contributed by atoms with E-state index in [1.165, 1.54) is 0 Å². The first-order valence-corrected chi connectivity index (χ1v) is 9.73. The molecule has 1 heterocycles. The van der Waals surface area contributed by atoms with Crippen LogP contribution in [0.4, 0.5) is 0 Å². The number of hydrogen-bond acceptors (Lipinski definition) is 3. The van der Waals surface area contributed by atoms with E-state index in [4.69, 9.17) is 4.42 Å². The highest BCUT2D eigenvalue weighted by atomic mass is 16.3. The van der Waals surface area contributed by atoms with Gasteiger partial charge in [-0.05, 0) is 41.3 Å². The summed E-state index contributed by atoms with van der Waals surface area (Å²) in [5.74, 6) is 0.802. The molecular formula is C24H26N2O3. The van der Waals surface area contributed by atoms with Crippen molar-refractivity contribution in [3.63, 3.8) is 0 Å². The fourth-order valence-corrected chi connectivity index (χ4v) is 3.24. The van der Waals surface area contributed by atoms with E-state index in [0.717, 1.165) is 16.9 Å². The third-order valence-corrected chi connectivity index (χ3v) is 4.95. The van der Waals surface area contributed by atoms with Crippen LogP contribution in [0.3, 0.4) is 0 Å². The summed E-state index contributed by atoms with van der Waals surface area (Å²) in [6, 6.07) is 21.1. The summed E-state index contributed by atoms with van der Waals surface area (Å²) in [5, 5.41) is 2.61. The molecule has 2 amide bonds. The van der Waals surface area contributed by atoms with E-state index < -0.39 is 0 Å². The lowest BCUT2D eigenvalue weighted by molar-refractivity contribution is -0.133. The Labute approximate surface area is 171 Å². The number of nitrogens with one attached hydrogen (secondary N) is 1. The first kappa shape index (κ1) is 20.4. The number of nitrogens with zero attached hydrogens (tertiary/aromatic N) is 1. The highest BCUT2D eigenvalue weighted by Gasteiger charge is 2.19. The van der Waals surface area contributed by atoms with Crippen molar-refractivity contribution < 1.29 is 14.0 Å². The lowest BCUT2D eigenvalue weighted by Gasteiger charge is -2.24. The second-order valence-electron chi connectivity index (χ2n) is 7.12. The van der Waals surface area contributed by atoms with E-state index in [2.05, 4.69) is 12.2 Å². The third kappa shape index (κ3) is 5.57. The summed E-state index contributed by atoms with van der Waals surface area (Å²) in [5.41, 5.74) is 2.71. The van der Waals surface area contributed by atoms with Crippen LogP contribution in [0.1, 0.15) is 46.5 Å². The molecule has 5 nitrogen and oxygen atoms in total. The Balaban J connectivity index is 1.73. The molecule has 1 unspecified atom stereocenters. The van der Waals surface area contributed by atoms with Gasteiger partial charge in [0.25, 0.3) is 5.91 Å². The van der Waals surface area contributed by atoms with E-state index in [1.54, 1.807) is 30.3 Å². The molecule has 0 fully saturated rings. The summed E-state index contributed by atoms with van der Waals surface area (Å²) in [4.78, 5) is 26.6. The minimum absolute atomic E-state index is 0.0631. The topological polar surface area (TPSA) is 62.6 Å². The quantitative estimate of drug-likeness (QED) is 0.622. The van der Waals surface area contributed by atoms with Gasteiger partial charge in [-0.2, -0.15) is 0 Å². The molecular weight excluding hydrogens is 364 g/mol. The molecule has 1 atom stereocenters. The molecule has 1 aromatic heterocycles. The monoisotopic (exact) mass is 390 g/mol. The molecule has 0 radical (unpaired) electrons. The lowest BCUT2D eigenvalue weighted by Crippen LogP contribution is -2.30. The average molecular weight is 390 g/mol. The van der Waals surface area contributed by atoms with Gasteiger partial charge in [0, 0.05) is 25.6 Å². The SMILES string of the molecule is CNC(=O)c1ccc(CN(Cc2ccco2)C(=O)CC(C)c2ccccc2)cc1. The van der Waals surface area contributed by atoms with E-state index in [9.17, 15) is 9.59 Å². The van der Waals surface area contributed by atoms with Crippen molar-refractivity contribution in [1.29, 1.82) is 0 Å². The number of furan rings is 1. The van der Waals surface area contributed by atoms with Crippen molar-refractivity contribution in [1.82, 2.24) is 10.2 Å². The standard InChI is InChI=1S/C24H26N2O3/c1-18(20-7-4-3-5-8-20)15-23(27)26(17-22-9-6-14-29-22)16-19-10-12-21(13-11-19)24(28)25-2/h3-14,18H,15-17H2,1-2H3,(H,25,28). The summed E-state index contributed by atoms with van der Waals surface area (Å²) in [6.07, 6.45) is 2.03. The maximum absolute atomic E-state index is 13.1. The molecule has 150 valence electrons. The number of amides is 2.